The lowest BCUT2D eigenvalue weighted by molar-refractivity contribution is 0.0931. The van der Waals surface area contributed by atoms with Gasteiger partial charge in [0.2, 0.25) is 10.0 Å². The number of rotatable bonds is 6. The highest BCUT2D eigenvalue weighted by Gasteiger charge is 2.29. The van der Waals surface area contributed by atoms with Crippen molar-refractivity contribution in [2.24, 2.45) is 5.92 Å². The van der Waals surface area contributed by atoms with Gasteiger partial charge in [-0.15, -0.1) is 0 Å². The maximum absolute atomic E-state index is 13.0. The summed E-state index contributed by atoms with van der Waals surface area (Å²) >= 11 is 0. The predicted octanol–water partition coefficient (Wildman–Crippen LogP) is 2.88. The van der Waals surface area contributed by atoms with Gasteiger partial charge < -0.3 is 0 Å². The second-order valence-electron chi connectivity index (χ2n) is 5.85. The van der Waals surface area contributed by atoms with Crippen LogP contribution in [0, 0.1) is 23.1 Å². The van der Waals surface area contributed by atoms with E-state index in [1.54, 1.807) is 13.8 Å². The summed E-state index contributed by atoms with van der Waals surface area (Å²) in [7, 11) is -3.98. The molecule has 1 N–H and O–H groups in total. The molecule has 5 nitrogen and oxygen atoms in total. The summed E-state index contributed by atoms with van der Waals surface area (Å²) in [6.07, 6.45) is 0. The molecule has 0 radical (unpaired) electrons. The van der Waals surface area contributed by atoms with E-state index in [-0.39, 0.29) is 10.8 Å². The van der Waals surface area contributed by atoms with Gasteiger partial charge in [0.05, 0.1) is 22.6 Å². The molecular weight excluding hydrogens is 343 g/mol. The van der Waals surface area contributed by atoms with E-state index in [4.69, 9.17) is 5.26 Å². The van der Waals surface area contributed by atoms with Crippen LogP contribution in [-0.4, -0.2) is 20.2 Å². The Bertz CT molecular complexity index is 899. The molecule has 0 fully saturated rings. The summed E-state index contributed by atoms with van der Waals surface area (Å²) in [6.45, 7) is 3.44. The van der Waals surface area contributed by atoms with Gasteiger partial charge in [-0.25, -0.2) is 12.8 Å². The molecule has 0 aliphatic heterocycles. The molecule has 0 saturated carbocycles. The number of benzene rings is 2. The van der Waals surface area contributed by atoms with Crippen molar-refractivity contribution in [3.8, 4) is 6.07 Å². The van der Waals surface area contributed by atoms with Crippen molar-refractivity contribution < 1.29 is 17.6 Å². The molecule has 130 valence electrons. The second kappa shape index (κ2) is 7.55. The molecule has 0 amide bonds. The van der Waals surface area contributed by atoms with E-state index in [0.717, 1.165) is 24.3 Å². The maximum Gasteiger partial charge on any atom is 0.241 e. The summed E-state index contributed by atoms with van der Waals surface area (Å²) in [5.41, 5.74) is 0.712. The van der Waals surface area contributed by atoms with E-state index >= 15 is 0 Å². The van der Waals surface area contributed by atoms with Crippen molar-refractivity contribution in [1.82, 2.24) is 4.72 Å². The number of halogens is 1. The van der Waals surface area contributed by atoms with Gasteiger partial charge in [-0.2, -0.15) is 9.98 Å². The Morgan fingerprint density at radius 2 is 1.64 bits per heavy atom. The molecule has 0 saturated heterocycles. The molecule has 0 bridgehead atoms. The zero-order valence-electron chi connectivity index (χ0n) is 13.7. The molecule has 2 aromatic rings. The monoisotopic (exact) mass is 360 g/mol. The first kappa shape index (κ1) is 18.8. The van der Waals surface area contributed by atoms with Crippen molar-refractivity contribution in [1.29, 1.82) is 5.26 Å². The number of nitriles is 1. The van der Waals surface area contributed by atoms with Crippen molar-refractivity contribution in [2.45, 2.75) is 24.8 Å². The quantitative estimate of drug-likeness (QED) is 0.803. The summed E-state index contributed by atoms with van der Waals surface area (Å²) in [5, 5.41) is 8.81. The third kappa shape index (κ3) is 4.50. The van der Waals surface area contributed by atoms with Crippen LogP contribution < -0.4 is 4.72 Å². The van der Waals surface area contributed by atoms with Crippen LogP contribution in [-0.2, 0) is 10.0 Å². The Balaban J connectivity index is 2.29. The number of carbonyl (C=O) groups excluding carboxylic acids is 1. The average Bonchev–Trinajstić information content (AvgIpc) is 2.59. The average molecular weight is 360 g/mol. The van der Waals surface area contributed by atoms with Gasteiger partial charge in [0.15, 0.2) is 5.78 Å². The standard InChI is InChI=1S/C18H17FN2O3S/c1-12(2)17(18(22)14-5-3-13(11-20)4-6-14)21-25(23,24)16-9-7-15(19)8-10-16/h3-10,12,17,21H,1-2H3. The number of sulfonamides is 1. The molecule has 1 atom stereocenters. The van der Waals surface area contributed by atoms with Crippen molar-refractivity contribution in [3.63, 3.8) is 0 Å². The second-order valence-corrected chi connectivity index (χ2v) is 7.56. The van der Waals surface area contributed by atoms with E-state index in [9.17, 15) is 17.6 Å². The summed E-state index contributed by atoms with van der Waals surface area (Å²) in [5.74, 6) is -1.25. The van der Waals surface area contributed by atoms with Crippen LogP contribution in [0.3, 0.4) is 0 Å². The molecule has 25 heavy (non-hydrogen) atoms. The van der Waals surface area contributed by atoms with Crippen molar-refractivity contribution in [2.75, 3.05) is 0 Å². The first-order valence-electron chi connectivity index (χ1n) is 7.57. The normalized spacial score (nSPS) is 12.6. The molecule has 0 aliphatic carbocycles. The minimum atomic E-state index is -3.98. The SMILES string of the molecule is CC(C)C(NS(=O)(=O)c1ccc(F)cc1)C(=O)c1ccc(C#N)cc1. The van der Waals surface area contributed by atoms with Crippen molar-refractivity contribution in [3.05, 3.63) is 65.5 Å². The fraction of sp³-hybridized carbons (Fsp3) is 0.222. The lowest BCUT2D eigenvalue weighted by atomic mass is 9.95. The molecule has 0 spiro atoms. The number of Topliss-reactive ketones (excluding diaryl/α,β-unsaturated/α-hetero) is 1. The Morgan fingerprint density at radius 1 is 1.08 bits per heavy atom. The van der Waals surface area contributed by atoms with Crippen LogP contribution in [0.15, 0.2) is 53.4 Å². The van der Waals surface area contributed by atoms with E-state index in [1.165, 1.54) is 24.3 Å². The number of carbonyl (C=O) groups is 1. The third-order valence-corrected chi connectivity index (χ3v) is 5.11. The van der Waals surface area contributed by atoms with Crippen LogP contribution in [0.4, 0.5) is 4.39 Å². The molecular formula is C18H17FN2O3S. The van der Waals surface area contributed by atoms with Gasteiger partial charge in [0.25, 0.3) is 0 Å². The van der Waals surface area contributed by atoms with Crippen LogP contribution in [0.5, 0.6) is 0 Å². The zero-order valence-corrected chi connectivity index (χ0v) is 14.5. The Morgan fingerprint density at radius 3 is 2.12 bits per heavy atom. The van der Waals surface area contributed by atoms with Crippen LogP contribution in [0.2, 0.25) is 0 Å². The number of nitrogens with zero attached hydrogens (tertiary/aromatic N) is 1. The van der Waals surface area contributed by atoms with Gasteiger partial charge in [-0.1, -0.05) is 26.0 Å². The number of ketones is 1. The molecule has 2 aromatic carbocycles. The number of nitrogens with one attached hydrogen (secondary N) is 1. The molecule has 1 unspecified atom stereocenters. The van der Waals surface area contributed by atoms with E-state index in [0.29, 0.717) is 11.1 Å². The smallest absolute Gasteiger partial charge is 0.241 e. The molecule has 0 heterocycles. The molecule has 2 rings (SSSR count). The van der Waals surface area contributed by atoms with Gasteiger partial charge in [-0.3, -0.25) is 4.79 Å². The minimum absolute atomic E-state index is 0.118. The zero-order chi connectivity index (χ0) is 18.6. The topological polar surface area (TPSA) is 87.0 Å². The fourth-order valence-corrected chi connectivity index (χ4v) is 3.57. The highest BCUT2D eigenvalue weighted by Crippen LogP contribution is 2.16. The van der Waals surface area contributed by atoms with Crippen LogP contribution in [0.1, 0.15) is 29.8 Å². The minimum Gasteiger partial charge on any atom is -0.292 e. The first-order valence-corrected chi connectivity index (χ1v) is 9.05. The van der Waals surface area contributed by atoms with Crippen molar-refractivity contribution >= 4 is 15.8 Å². The molecule has 0 aromatic heterocycles. The Kier molecular flexibility index (Phi) is 5.67. The molecule has 0 aliphatic rings. The Hall–Kier alpha value is -2.56. The fourth-order valence-electron chi connectivity index (χ4n) is 2.23. The number of hydrogen-bond acceptors (Lipinski definition) is 4. The predicted molar refractivity (Wildman–Crippen MR) is 90.8 cm³/mol. The lowest BCUT2D eigenvalue weighted by Crippen LogP contribution is -2.44. The number of hydrogen-bond donors (Lipinski definition) is 1. The first-order chi connectivity index (χ1) is 11.7. The summed E-state index contributed by atoms with van der Waals surface area (Å²) < 4.78 is 40.3. The van der Waals surface area contributed by atoms with E-state index < -0.39 is 27.7 Å². The lowest BCUT2D eigenvalue weighted by Gasteiger charge is -2.21. The van der Waals surface area contributed by atoms with Gasteiger partial charge in [0.1, 0.15) is 5.82 Å². The maximum atomic E-state index is 13.0. The third-order valence-electron chi connectivity index (χ3n) is 3.65. The highest BCUT2D eigenvalue weighted by molar-refractivity contribution is 7.89. The largest absolute Gasteiger partial charge is 0.292 e. The summed E-state index contributed by atoms with van der Waals surface area (Å²) in [6, 6.07) is 11.3. The van der Waals surface area contributed by atoms with E-state index in [1.807, 2.05) is 6.07 Å². The summed E-state index contributed by atoms with van der Waals surface area (Å²) in [4.78, 5) is 12.6. The highest BCUT2D eigenvalue weighted by atomic mass is 32.2. The molecule has 7 heteroatoms. The van der Waals surface area contributed by atoms with Gasteiger partial charge in [0, 0.05) is 5.56 Å². The van der Waals surface area contributed by atoms with E-state index in [2.05, 4.69) is 4.72 Å². The van der Waals surface area contributed by atoms with Gasteiger partial charge in [-0.05, 0) is 42.3 Å². The van der Waals surface area contributed by atoms with Gasteiger partial charge >= 0.3 is 0 Å². The van der Waals surface area contributed by atoms with Crippen LogP contribution in [0.25, 0.3) is 0 Å². The van der Waals surface area contributed by atoms with Crippen LogP contribution >= 0.6 is 0 Å². The Labute approximate surface area is 146 Å².